The van der Waals surface area contributed by atoms with E-state index in [1.807, 2.05) is 13.0 Å². The zero-order valence-corrected chi connectivity index (χ0v) is 27.1. The molecule has 4 aliphatic rings. The smallest absolute Gasteiger partial charge is 0.225 e. The zero-order valence-electron chi connectivity index (χ0n) is 27.1. The maximum atomic E-state index is 17.0. The maximum absolute atomic E-state index is 17.0. The number of fused-ring (bicyclic) bond motifs is 3. The number of hydrogen-bond acceptors (Lipinski definition) is 8. The molecule has 1 saturated carbocycles. The Hall–Kier alpha value is -3.76. The number of phenolic OH excluding ortho intramolecular Hbond substituents is 1. The summed E-state index contributed by atoms with van der Waals surface area (Å²) in [5.41, 5.74) is 1.68. The number of anilines is 1. The molecule has 0 spiro atoms. The molecule has 1 N–H and O–H groups in total. The number of aromatic nitrogens is 2. The molecule has 8 rings (SSSR count). The van der Waals surface area contributed by atoms with E-state index in [2.05, 4.69) is 14.7 Å². The van der Waals surface area contributed by atoms with Crippen LogP contribution in [-0.4, -0.2) is 89.4 Å². The molecule has 0 radical (unpaired) electrons. The van der Waals surface area contributed by atoms with E-state index in [0.29, 0.717) is 58.7 Å². The summed E-state index contributed by atoms with van der Waals surface area (Å²) in [7, 11) is 0. The van der Waals surface area contributed by atoms with E-state index in [4.69, 9.17) is 19.4 Å². The minimum atomic E-state index is -0.641. The highest BCUT2D eigenvalue weighted by atomic mass is 19.1. The molecule has 0 bridgehead atoms. The van der Waals surface area contributed by atoms with Crippen LogP contribution in [0.2, 0.25) is 0 Å². The predicted octanol–water partition coefficient (Wildman–Crippen LogP) is 6.69. The van der Waals surface area contributed by atoms with Crippen molar-refractivity contribution >= 4 is 27.4 Å². The lowest BCUT2D eigenvalue weighted by molar-refractivity contribution is 0.0560. The van der Waals surface area contributed by atoms with Gasteiger partial charge in [0.25, 0.3) is 0 Å². The number of piperazine rings is 1. The molecule has 2 saturated heterocycles. The van der Waals surface area contributed by atoms with Crippen molar-refractivity contribution in [1.82, 2.24) is 19.8 Å². The second kappa shape index (κ2) is 12.7. The average Bonchev–Trinajstić information content (AvgIpc) is 3.37. The summed E-state index contributed by atoms with van der Waals surface area (Å²) in [5, 5.41) is 12.3. The van der Waals surface area contributed by atoms with Gasteiger partial charge in [-0.25, -0.2) is 18.7 Å². The first-order valence-corrected chi connectivity index (χ1v) is 17.5. The number of rotatable bonds is 7. The summed E-state index contributed by atoms with van der Waals surface area (Å²) in [4.78, 5) is 16.9. The van der Waals surface area contributed by atoms with Gasteiger partial charge in [-0.3, -0.25) is 9.80 Å². The van der Waals surface area contributed by atoms with Gasteiger partial charge < -0.3 is 19.5 Å². The third-order valence-corrected chi connectivity index (χ3v) is 10.8. The zero-order chi connectivity index (χ0) is 32.1. The number of pyridine rings is 2. The Morgan fingerprint density at radius 1 is 0.915 bits per heavy atom. The van der Waals surface area contributed by atoms with Crippen LogP contribution in [0.1, 0.15) is 57.4 Å². The largest absolute Gasteiger partial charge is 0.508 e. The number of ether oxygens (including phenoxy) is 2. The minimum absolute atomic E-state index is 0.0225. The highest BCUT2D eigenvalue weighted by Crippen LogP contribution is 2.45. The van der Waals surface area contributed by atoms with Crippen molar-refractivity contribution in [3.05, 3.63) is 47.5 Å². The van der Waals surface area contributed by atoms with E-state index >= 15 is 8.78 Å². The molecule has 10 heteroatoms. The van der Waals surface area contributed by atoms with Crippen LogP contribution < -0.4 is 14.4 Å². The fourth-order valence-electron chi connectivity index (χ4n) is 8.04. The molecule has 8 nitrogen and oxygen atoms in total. The number of halogens is 2. The summed E-state index contributed by atoms with van der Waals surface area (Å²) in [6.45, 7) is 8.57. The van der Waals surface area contributed by atoms with Gasteiger partial charge in [0.05, 0.1) is 17.1 Å². The monoisotopic (exact) mass is 643 g/mol. The van der Waals surface area contributed by atoms with Gasteiger partial charge in [-0.1, -0.05) is 32.3 Å². The number of hydrogen-bond donors (Lipinski definition) is 1. The molecule has 1 aliphatic carbocycles. The molecule has 47 heavy (non-hydrogen) atoms. The SMILES string of the molecule is CCc1c(F)ccc2cc(O)cc(-c3nc4c5c(cc(OCCN6CCN(C7CCC7)CC6)nc5c3F)N3CCCCCC3CO4)c12. The first-order chi connectivity index (χ1) is 23.0. The van der Waals surface area contributed by atoms with Gasteiger partial charge in [-0.2, -0.15) is 0 Å². The number of aromatic hydroxyl groups is 1. The van der Waals surface area contributed by atoms with Crippen LogP contribution >= 0.6 is 0 Å². The molecule has 2 aromatic heterocycles. The van der Waals surface area contributed by atoms with Gasteiger partial charge in [0.2, 0.25) is 11.8 Å². The molecule has 248 valence electrons. The summed E-state index contributed by atoms with van der Waals surface area (Å²) in [5.74, 6) is -0.405. The van der Waals surface area contributed by atoms with Crippen LogP contribution in [0.4, 0.5) is 14.5 Å². The summed E-state index contributed by atoms with van der Waals surface area (Å²) < 4.78 is 44.8. The van der Waals surface area contributed by atoms with Crippen molar-refractivity contribution in [2.24, 2.45) is 0 Å². The van der Waals surface area contributed by atoms with E-state index in [1.165, 1.54) is 31.4 Å². The first-order valence-electron chi connectivity index (χ1n) is 17.5. The van der Waals surface area contributed by atoms with Crippen molar-refractivity contribution in [1.29, 1.82) is 0 Å². The highest BCUT2D eigenvalue weighted by molar-refractivity contribution is 6.04. The maximum Gasteiger partial charge on any atom is 0.225 e. The quantitative estimate of drug-likeness (QED) is 0.239. The topological polar surface area (TPSA) is 74.2 Å². The third-order valence-electron chi connectivity index (χ3n) is 10.8. The third kappa shape index (κ3) is 5.63. The van der Waals surface area contributed by atoms with Crippen molar-refractivity contribution in [2.45, 2.75) is 70.4 Å². The number of phenols is 1. The Labute approximate surface area is 274 Å². The second-order valence-electron chi connectivity index (χ2n) is 13.6. The average molecular weight is 644 g/mol. The summed E-state index contributed by atoms with van der Waals surface area (Å²) >= 11 is 0. The Kier molecular flexibility index (Phi) is 8.25. The van der Waals surface area contributed by atoms with Crippen LogP contribution in [0, 0.1) is 11.6 Å². The predicted molar refractivity (Wildman–Crippen MR) is 180 cm³/mol. The van der Waals surface area contributed by atoms with Gasteiger partial charge in [-0.05, 0) is 66.6 Å². The van der Waals surface area contributed by atoms with Crippen LogP contribution in [0.15, 0.2) is 30.3 Å². The fraction of sp³-hybridized carbons (Fsp3) is 0.514. The van der Waals surface area contributed by atoms with Gasteiger partial charge >= 0.3 is 0 Å². The first kappa shape index (κ1) is 30.6. The lowest BCUT2D eigenvalue weighted by atomic mass is 9.91. The number of nitrogens with zero attached hydrogens (tertiary/aromatic N) is 5. The van der Waals surface area contributed by atoms with Crippen LogP contribution in [0.5, 0.6) is 17.5 Å². The highest BCUT2D eigenvalue weighted by Gasteiger charge is 2.33. The van der Waals surface area contributed by atoms with E-state index in [-0.39, 0.29) is 28.8 Å². The number of benzene rings is 2. The van der Waals surface area contributed by atoms with E-state index < -0.39 is 5.82 Å². The Balaban J connectivity index is 1.19. The molecule has 1 unspecified atom stereocenters. The summed E-state index contributed by atoms with van der Waals surface area (Å²) in [6, 6.07) is 8.84. The fourth-order valence-corrected chi connectivity index (χ4v) is 8.04. The van der Waals surface area contributed by atoms with E-state index in [9.17, 15) is 5.11 Å². The summed E-state index contributed by atoms with van der Waals surface area (Å²) in [6.07, 6.45) is 8.64. The van der Waals surface area contributed by atoms with E-state index in [0.717, 1.165) is 76.7 Å². The molecule has 1 atom stereocenters. The van der Waals surface area contributed by atoms with Gasteiger partial charge in [0.1, 0.15) is 36.0 Å². The van der Waals surface area contributed by atoms with Crippen molar-refractivity contribution in [3.8, 4) is 28.8 Å². The Morgan fingerprint density at radius 2 is 1.74 bits per heavy atom. The van der Waals surface area contributed by atoms with Crippen molar-refractivity contribution in [3.63, 3.8) is 0 Å². The molecule has 0 amide bonds. The molecule has 4 aromatic rings. The van der Waals surface area contributed by atoms with Gasteiger partial charge in [0, 0.05) is 56.9 Å². The standard InChI is InChI=1S/C37H43F2N5O3/c1-2-27-29(38)11-10-23-19-26(45)20-28(32(23)27)35-34(39)36-33-30(44-12-5-3-4-7-25(44)22-47-37(33)41-35)21-31(40-36)46-18-17-42-13-15-43(16-14-42)24-8-6-9-24/h10-11,19-21,24-25,45H,2-9,12-18,22H2,1H3. The molecule has 2 aromatic carbocycles. The van der Waals surface area contributed by atoms with Crippen molar-refractivity contribution < 1.29 is 23.4 Å². The van der Waals surface area contributed by atoms with Crippen LogP contribution in [0.3, 0.4) is 0 Å². The minimum Gasteiger partial charge on any atom is -0.508 e. The molecular formula is C37H43F2N5O3. The van der Waals surface area contributed by atoms with Crippen LogP contribution in [-0.2, 0) is 6.42 Å². The molecular weight excluding hydrogens is 600 g/mol. The molecule has 3 fully saturated rings. The van der Waals surface area contributed by atoms with Gasteiger partial charge in [0.15, 0.2) is 5.82 Å². The Morgan fingerprint density at radius 3 is 2.53 bits per heavy atom. The molecule has 3 aliphatic heterocycles. The van der Waals surface area contributed by atoms with Crippen molar-refractivity contribution in [2.75, 3.05) is 57.4 Å². The lowest BCUT2D eigenvalue weighted by Crippen LogP contribution is -2.52. The van der Waals surface area contributed by atoms with Gasteiger partial charge in [-0.15, -0.1) is 0 Å². The van der Waals surface area contributed by atoms with E-state index in [1.54, 1.807) is 12.1 Å². The second-order valence-corrected chi connectivity index (χ2v) is 13.6. The molecule has 5 heterocycles. The van der Waals surface area contributed by atoms with Crippen LogP contribution in [0.25, 0.3) is 32.9 Å². The normalized spacial score (nSPS) is 20.8. The Bertz CT molecular complexity index is 1810. The number of aryl methyl sites for hydroxylation is 1. The lowest BCUT2D eigenvalue weighted by Gasteiger charge is -2.42.